The van der Waals surface area contributed by atoms with Crippen LogP contribution < -0.4 is 5.32 Å². The second-order valence-electron chi connectivity index (χ2n) is 4.03. The summed E-state index contributed by atoms with van der Waals surface area (Å²) in [7, 11) is 0. The number of nitrogens with one attached hydrogen (secondary N) is 2. The van der Waals surface area contributed by atoms with Crippen LogP contribution in [0.2, 0.25) is 0 Å². The first-order valence-electron chi connectivity index (χ1n) is 5.50. The fourth-order valence-corrected chi connectivity index (χ4v) is 1.82. The molecule has 4 nitrogen and oxygen atoms in total. The van der Waals surface area contributed by atoms with Crippen LogP contribution in [0.5, 0.6) is 0 Å². The molecule has 0 unspecified atom stereocenters. The van der Waals surface area contributed by atoms with Crippen molar-refractivity contribution in [2.24, 2.45) is 0 Å². The first-order chi connectivity index (χ1) is 8.18. The van der Waals surface area contributed by atoms with Crippen molar-refractivity contribution in [2.45, 2.75) is 20.4 Å². The minimum atomic E-state index is -0.0461. The van der Waals surface area contributed by atoms with E-state index in [1.165, 1.54) is 0 Å². The van der Waals surface area contributed by atoms with E-state index in [1.807, 2.05) is 32.0 Å². The molecule has 0 aliphatic carbocycles. The van der Waals surface area contributed by atoms with Crippen molar-refractivity contribution < 1.29 is 4.79 Å². The first kappa shape index (κ1) is 11.4. The number of aromatic amines is 1. The van der Waals surface area contributed by atoms with E-state index in [2.05, 4.69) is 15.3 Å². The lowest BCUT2D eigenvalue weighted by Gasteiger charge is -2.09. The maximum Gasteiger partial charge on any atom is 0.252 e. The van der Waals surface area contributed by atoms with Gasteiger partial charge in [-0.25, -0.2) is 4.98 Å². The molecule has 0 aliphatic rings. The summed E-state index contributed by atoms with van der Waals surface area (Å²) >= 11 is 0. The van der Waals surface area contributed by atoms with Gasteiger partial charge in [0.15, 0.2) is 0 Å². The van der Waals surface area contributed by atoms with E-state index in [0.717, 1.165) is 22.4 Å². The number of hydrogen-bond donors (Lipinski definition) is 2. The lowest BCUT2D eigenvalue weighted by Crippen LogP contribution is -2.24. The number of imidazole rings is 1. The molecule has 0 aliphatic heterocycles. The Labute approximate surface area is 100 Å². The van der Waals surface area contributed by atoms with Gasteiger partial charge in [0.25, 0.3) is 5.91 Å². The van der Waals surface area contributed by atoms with E-state index >= 15 is 0 Å². The third kappa shape index (κ3) is 2.53. The third-order valence-electron chi connectivity index (χ3n) is 2.70. The van der Waals surface area contributed by atoms with Gasteiger partial charge in [-0.3, -0.25) is 4.79 Å². The number of H-pyrrole nitrogens is 1. The molecular formula is C13H15N3O. The van der Waals surface area contributed by atoms with Gasteiger partial charge in [0.1, 0.15) is 0 Å². The van der Waals surface area contributed by atoms with Gasteiger partial charge in [-0.15, -0.1) is 0 Å². The lowest BCUT2D eigenvalue weighted by atomic mass is 10.0. The van der Waals surface area contributed by atoms with Crippen molar-refractivity contribution in [3.05, 3.63) is 53.1 Å². The molecule has 2 rings (SSSR count). The van der Waals surface area contributed by atoms with Crippen molar-refractivity contribution in [1.82, 2.24) is 15.3 Å². The molecule has 0 spiro atoms. The number of benzene rings is 1. The standard InChI is InChI=1S/C13H15N3O/c1-9-4-3-5-10(2)12(9)13(17)15-7-11-6-14-8-16-11/h3-6,8H,7H2,1-2H3,(H,14,16)(H,15,17). The number of nitrogens with zero attached hydrogens (tertiary/aromatic N) is 1. The molecule has 0 saturated carbocycles. The summed E-state index contributed by atoms with van der Waals surface area (Å²) in [6, 6.07) is 5.84. The highest BCUT2D eigenvalue weighted by Crippen LogP contribution is 2.12. The molecule has 0 atom stereocenters. The number of carbonyl (C=O) groups excluding carboxylic acids is 1. The van der Waals surface area contributed by atoms with Gasteiger partial charge in [0, 0.05) is 11.8 Å². The van der Waals surface area contributed by atoms with Crippen molar-refractivity contribution >= 4 is 5.91 Å². The lowest BCUT2D eigenvalue weighted by molar-refractivity contribution is 0.0949. The largest absolute Gasteiger partial charge is 0.347 e. The van der Waals surface area contributed by atoms with E-state index in [9.17, 15) is 4.79 Å². The summed E-state index contributed by atoms with van der Waals surface area (Å²) in [5.41, 5.74) is 3.64. The van der Waals surface area contributed by atoms with Crippen LogP contribution in [0.25, 0.3) is 0 Å². The van der Waals surface area contributed by atoms with E-state index < -0.39 is 0 Å². The highest BCUT2D eigenvalue weighted by Gasteiger charge is 2.11. The zero-order valence-electron chi connectivity index (χ0n) is 9.95. The quantitative estimate of drug-likeness (QED) is 0.845. The number of aromatic nitrogens is 2. The van der Waals surface area contributed by atoms with Crippen LogP contribution in [0.15, 0.2) is 30.7 Å². The summed E-state index contributed by atoms with van der Waals surface area (Å²) in [6.45, 7) is 4.35. The number of carbonyl (C=O) groups is 1. The normalized spacial score (nSPS) is 10.2. The molecular weight excluding hydrogens is 214 g/mol. The second-order valence-corrected chi connectivity index (χ2v) is 4.03. The molecule has 1 aromatic heterocycles. The third-order valence-corrected chi connectivity index (χ3v) is 2.70. The molecule has 1 aromatic carbocycles. The summed E-state index contributed by atoms with van der Waals surface area (Å²) in [5, 5.41) is 2.87. The van der Waals surface area contributed by atoms with E-state index in [0.29, 0.717) is 6.54 Å². The Bertz CT molecular complexity index is 497. The zero-order chi connectivity index (χ0) is 12.3. The molecule has 0 saturated heterocycles. The Morgan fingerprint density at radius 3 is 2.65 bits per heavy atom. The Hall–Kier alpha value is -2.10. The van der Waals surface area contributed by atoms with Crippen molar-refractivity contribution in [2.75, 3.05) is 0 Å². The Balaban J connectivity index is 2.10. The highest BCUT2D eigenvalue weighted by molar-refractivity contribution is 5.96. The van der Waals surface area contributed by atoms with Crippen molar-refractivity contribution in [3.8, 4) is 0 Å². The van der Waals surface area contributed by atoms with Crippen molar-refractivity contribution in [3.63, 3.8) is 0 Å². The molecule has 2 N–H and O–H groups in total. The number of aryl methyl sites for hydroxylation is 2. The predicted molar refractivity (Wildman–Crippen MR) is 65.7 cm³/mol. The van der Waals surface area contributed by atoms with Crippen LogP contribution in [0.3, 0.4) is 0 Å². The van der Waals surface area contributed by atoms with Crippen LogP contribution in [-0.2, 0) is 6.54 Å². The minimum Gasteiger partial charge on any atom is -0.347 e. The summed E-state index contributed by atoms with van der Waals surface area (Å²) in [4.78, 5) is 18.9. The van der Waals surface area contributed by atoms with Crippen LogP contribution >= 0.6 is 0 Å². The van der Waals surface area contributed by atoms with Crippen LogP contribution in [-0.4, -0.2) is 15.9 Å². The van der Waals surface area contributed by atoms with Crippen molar-refractivity contribution in [1.29, 1.82) is 0 Å². The van der Waals surface area contributed by atoms with Gasteiger partial charge < -0.3 is 10.3 Å². The molecule has 0 fully saturated rings. The summed E-state index contributed by atoms with van der Waals surface area (Å²) < 4.78 is 0. The van der Waals surface area contributed by atoms with Crippen LogP contribution in [0.1, 0.15) is 27.2 Å². The highest BCUT2D eigenvalue weighted by atomic mass is 16.1. The molecule has 0 bridgehead atoms. The Morgan fingerprint density at radius 2 is 2.06 bits per heavy atom. The smallest absolute Gasteiger partial charge is 0.252 e. The van der Waals surface area contributed by atoms with Gasteiger partial charge in [-0.05, 0) is 25.0 Å². The van der Waals surface area contributed by atoms with Gasteiger partial charge in [-0.2, -0.15) is 0 Å². The molecule has 17 heavy (non-hydrogen) atoms. The topological polar surface area (TPSA) is 57.8 Å². The minimum absolute atomic E-state index is 0.0461. The average molecular weight is 229 g/mol. The first-order valence-corrected chi connectivity index (χ1v) is 5.50. The molecule has 2 aromatic rings. The fourth-order valence-electron chi connectivity index (χ4n) is 1.82. The van der Waals surface area contributed by atoms with Crippen LogP contribution in [0.4, 0.5) is 0 Å². The SMILES string of the molecule is Cc1cccc(C)c1C(=O)NCc1cnc[nH]1. The number of rotatable bonds is 3. The number of amides is 1. The maximum absolute atomic E-state index is 12.0. The van der Waals surface area contributed by atoms with Crippen LogP contribution in [0, 0.1) is 13.8 Å². The molecule has 88 valence electrons. The number of hydrogen-bond acceptors (Lipinski definition) is 2. The Morgan fingerprint density at radius 1 is 1.35 bits per heavy atom. The Kier molecular flexibility index (Phi) is 3.23. The second kappa shape index (κ2) is 4.82. The fraction of sp³-hybridized carbons (Fsp3) is 0.231. The maximum atomic E-state index is 12.0. The monoisotopic (exact) mass is 229 g/mol. The van der Waals surface area contributed by atoms with E-state index in [4.69, 9.17) is 0 Å². The molecule has 4 heteroatoms. The van der Waals surface area contributed by atoms with Gasteiger partial charge >= 0.3 is 0 Å². The van der Waals surface area contributed by atoms with E-state index in [-0.39, 0.29) is 5.91 Å². The summed E-state index contributed by atoms with van der Waals surface area (Å²) in [5.74, 6) is -0.0461. The average Bonchev–Trinajstić information content (AvgIpc) is 2.79. The summed E-state index contributed by atoms with van der Waals surface area (Å²) in [6.07, 6.45) is 3.30. The zero-order valence-corrected chi connectivity index (χ0v) is 9.95. The van der Waals surface area contributed by atoms with Gasteiger partial charge in [-0.1, -0.05) is 18.2 Å². The molecule has 0 radical (unpaired) electrons. The van der Waals surface area contributed by atoms with E-state index in [1.54, 1.807) is 12.5 Å². The molecule has 1 heterocycles. The molecule has 1 amide bonds. The van der Waals surface area contributed by atoms with Gasteiger partial charge in [0.2, 0.25) is 0 Å². The predicted octanol–water partition coefficient (Wildman–Crippen LogP) is 1.96. The van der Waals surface area contributed by atoms with Gasteiger partial charge in [0.05, 0.1) is 18.6 Å².